The van der Waals surface area contributed by atoms with Crippen molar-refractivity contribution in [1.29, 1.82) is 0 Å². The van der Waals surface area contributed by atoms with Gasteiger partial charge in [0.2, 0.25) is 15.9 Å². The lowest BCUT2D eigenvalue weighted by Crippen LogP contribution is -2.33. The normalized spacial score (nSPS) is 16.6. The van der Waals surface area contributed by atoms with Gasteiger partial charge in [-0.1, -0.05) is 0 Å². The Hall–Kier alpha value is -2.19. The first-order valence-electron chi connectivity index (χ1n) is 9.03. The second-order valence-electron chi connectivity index (χ2n) is 7.15. The van der Waals surface area contributed by atoms with Crippen LogP contribution in [-0.4, -0.2) is 36.7 Å². The minimum atomic E-state index is -3.61. The van der Waals surface area contributed by atoms with Crippen LogP contribution in [0.4, 0.5) is 5.69 Å². The number of hydrogen-bond donors (Lipinski definition) is 1. The van der Waals surface area contributed by atoms with Crippen LogP contribution in [0.5, 0.6) is 0 Å². The highest BCUT2D eigenvalue weighted by atomic mass is 32.2. The van der Waals surface area contributed by atoms with Crippen molar-refractivity contribution in [3.8, 4) is 0 Å². The van der Waals surface area contributed by atoms with Crippen LogP contribution in [0.1, 0.15) is 36.4 Å². The molecule has 0 saturated carbocycles. The van der Waals surface area contributed by atoms with Gasteiger partial charge in [-0.3, -0.25) is 9.48 Å². The molecule has 1 N–H and O–H groups in total. The number of carbonyl (C=O) groups is 1. The number of aromatic nitrogens is 2. The Balaban J connectivity index is 1.74. The number of nitrogens with one attached hydrogen (secondary N) is 1. The van der Waals surface area contributed by atoms with E-state index in [4.69, 9.17) is 0 Å². The van der Waals surface area contributed by atoms with Gasteiger partial charge in [0, 0.05) is 37.9 Å². The molecule has 1 aliphatic heterocycles. The zero-order chi connectivity index (χ0) is 19.9. The summed E-state index contributed by atoms with van der Waals surface area (Å²) in [6.45, 7) is 7.71. The summed E-state index contributed by atoms with van der Waals surface area (Å²) < 4.78 is 29.8. The Morgan fingerprint density at radius 2 is 2.04 bits per heavy atom. The fourth-order valence-corrected chi connectivity index (χ4v) is 4.91. The number of aryl methyl sites for hydroxylation is 2. The molecule has 0 saturated heterocycles. The van der Waals surface area contributed by atoms with E-state index in [1.54, 1.807) is 23.1 Å². The van der Waals surface area contributed by atoms with Gasteiger partial charge >= 0.3 is 0 Å². The van der Waals surface area contributed by atoms with Crippen molar-refractivity contribution in [2.45, 2.75) is 51.5 Å². The van der Waals surface area contributed by atoms with Crippen LogP contribution < -0.4 is 9.62 Å². The third-order valence-corrected chi connectivity index (χ3v) is 6.70. The highest BCUT2D eigenvalue weighted by Gasteiger charge is 2.30. The monoisotopic (exact) mass is 390 g/mol. The SMILES string of the molecule is CC(=O)N1c2ccc(S(=O)(=O)NCCc3c(C)nn(C)c3C)cc2C[C@@H]1C. The molecule has 0 aliphatic carbocycles. The van der Waals surface area contributed by atoms with Gasteiger partial charge in [-0.2, -0.15) is 5.10 Å². The van der Waals surface area contributed by atoms with Crippen LogP contribution in [0.15, 0.2) is 23.1 Å². The van der Waals surface area contributed by atoms with Crippen LogP contribution >= 0.6 is 0 Å². The minimum Gasteiger partial charge on any atom is -0.309 e. The number of rotatable bonds is 5. The Morgan fingerprint density at radius 3 is 2.63 bits per heavy atom. The number of sulfonamides is 1. The van der Waals surface area contributed by atoms with Crippen molar-refractivity contribution in [3.05, 3.63) is 40.7 Å². The molecule has 0 fully saturated rings. The molecular weight excluding hydrogens is 364 g/mol. The lowest BCUT2D eigenvalue weighted by Gasteiger charge is -2.20. The summed E-state index contributed by atoms with van der Waals surface area (Å²) in [6.07, 6.45) is 1.25. The van der Waals surface area contributed by atoms with Crippen LogP contribution in [-0.2, 0) is 34.7 Å². The Morgan fingerprint density at radius 1 is 1.33 bits per heavy atom. The number of carbonyl (C=O) groups excluding carboxylic acids is 1. The minimum absolute atomic E-state index is 0.0304. The predicted molar refractivity (Wildman–Crippen MR) is 104 cm³/mol. The van der Waals surface area contributed by atoms with E-state index in [2.05, 4.69) is 9.82 Å². The molecule has 146 valence electrons. The zero-order valence-electron chi connectivity index (χ0n) is 16.4. The predicted octanol–water partition coefficient (Wildman–Crippen LogP) is 1.86. The summed E-state index contributed by atoms with van der Waals surface area (Å²) in [4.78, 5) is 13.8. The van der Waals surface area contributed by atoms with Gasteiger partial charge in [0.05, 0.1) is 10.6 Å². The van der Waals surface area contributed by atoms with Gasteiger partial charge in [-0.15, -0.1) is 0 Å². The first kappa shape index (κ1) is 19.6. The standard InChI is InChI=1S/C19H26N4O3S/c1-12-10-16-11-17(6-7-19(16)23(12)15(4)24)27(25,26)20-9-8-18-13(2)21-22(5)14(18)3/h6-7,11-12,20H,8-10H2,1-5H3/t12-/m0/s1. The highest BCUT2D eigenvalue weighted by molar-refractivity contribution is 7.89. The number of nitrogens with zero attached hydrogens (tertiary/aromatic N) is 3. The molecule has 27 heavy (non-hydrogen) atoms. The highest BCUT2D eigenvalue weighted by Crippen LogP contribution is 2.33. The molecule has 2 aromatic rings. The number of amides is 1. The maximum absolute atomic E-state index is 12.7. The summed E-state index contributed by atoms with van der Waals surface area (Å²) in [6, 6.07) is 5.01. The second kappa shape index (κ2) is 7.09. The summed E-state index contributed by atoms with van der Waals surface area (Å²) >= 11 is 0. The molecule has 1 amide bonds. The third kappa shape index (κ3) is 3.64. The van der Waals surface area contributed by atoms with Gasteiger partial charge in [0.1, 0.15) is 0 Å². The topological polar surface area (TPSA) is 84.3 Å². The van der Waals surface area contributed by atoms with Crippen molar-refractivity contribution in [3.63, 3.8) is 0 Å². The third-order valence-electron chi connectivity index (χ3n) is 5.24. The lowest BCUT2D eigenvalue weighted by molar-refractivity contribution is -0.116. The Kier molecular flexibility index (Phi) is 5.14. The molecular formula is C19H26N4O3S. The molecule has 1 aromatic carbocycles. The molecule has 7 nitrogen and oxygen atoms in total. The van der Waals surface area contributed by atoms with Gasteiger partial charge < -0.3 is 4.90 Å². The molecule has 1 aliphatic rings. The molecule has 2 heterocycles. The molecule has 8 heteroatoms. The van der Waals surface area contributed by atoms with E-state index in [-0.39, 0.29) is 16.8 Å². The Bertz CT molecular complexity index is 995. The fraction of sp³-hybridized carbons (Fsp3) is 0.474. The van der Waals surface area contributed by atoms with E-state index >= 15 is 0 Å². The van der Waals surface area contributed by atoms with Crippen LogP contribution in [0.25, 0.3) is 0 Å². The maximum Gasteiger partial charge on any atom is 0.240 e. The van der Waals surface area contributed by atoms with E-state index in [1.807, 2.05) is 32.5 Å². The molecule has 0 bridgehead atoms. The van der Waals surface area contributed by atoms with E-state index in [0.29, 0.717) is 19.4 Å². The van der Waals surface area contributed by atoms with Crippen LogP contribution in [0.3, 0.4) is 0 Å². The van der Waals surface area contributed by atoms with Crippen molar-refractivity contribution >= 4 is 21.6 Å². The lowest BCUT2D eigenvalue weighted by atomic mass is 10.1. The van der Waals surface area contributed by atoms with Gasteiger partial charge in [0.15, 0.2) is 0 Å². The first-order chi connectivity index (χ1) is 12.6. The second-order valence-corrected chi connectivity index (χ2v) is 8.92. The van der Waals surface area contributed by atoms with Crippen LogP contribution in [0.2, 0.25) is 0 Å². The average Bonchev–Trinajstić information content (AvgIpc) is 3.03. The first-order valence-corrected chi connectivity index (χ1v) is 10.5. The number of benzene rings is 1. The van der Waals surface area contributed by atoms with Crippen molar-refractivity contribution in [1.82, 2.24) is 14.5 Å². The fourth-order valence-electron chi connectivity index (χ4n) is 3.83. The van der Waals surface area contributed by atoms with Gasteiger partial charge in [0.25, 0.3) is 0 Å². The van der Waals surface area contributed by atoms with E-state index in [1.165, 1.54) is 6.92 Å². The summed E-state index contributed by atoms with van der Waals surface area (Å²) in [5, 5.41) is 4.36. The number of hydrogen-bond acceptors (Lipinski definition) is 4. The van der Waals surface area contributed by atoms with Crippen LogP contribution in [0, 0.1) is 13.8 Å². The average molecular weight is 391 g/mol. The van der Waals surface area contributed by atoms with E-state index in [9.17, 15) is 13.2 Å². The summed E-state index contributed by atoms with van der Waals surface area (Å²) in [5.41, 5.74) is 4.72. The zero-order valence-corrected chi connectivity index (χ0v) is 17.2. The quantitative estimate of drug-likeness (QED) is 0.844. The summed E-state index contributed by atoms with van der Waals surface area (Å²) in [7, 11) is -1.73. The molecule has 0 unspecified atom stereocenters. The van der Waals surface area contributed by atoms with E-state index in [0.717, 1.165) is 28.2 Å². The number of fused-ring (bicyclic) bond motifs is 1. The smallest absolute Gasteiger partial charge is 0.240 e. The number of anilines is 1. The molecule has 0 radical (unpaired) electrons. The Labute approximate surface area is 160 Å². The van der Waals surface area contributed by atoms with Crippen molar-refractivity contribution in [2.24, 2.45) is 7.05 Å². The maximum atomic E-state index is 12.7. The molecule has 1 aromatic heterocycles. The van der Waals surface area contributed by atoms with E-state index < -0.39 is 10.0 Å². The molecule has 0 spiro atoms. The van der Waals surface area contributed by atoms with Gasteiger partial charge in [-0.25, -0.2) is 13.1 Å². The van der Waals surface area contributed by atoms with Crippen molar-refractivity contribution < 1.29 is 13.2 Å². The summed E-state index contributed by atoms with van der Waals surface area (Å²) in [5.74, 6) is -0.0304. The molecule has 1 atom stereocenters. The van der Waals surface area contributed by atoms with Crippen molar-refractivity contribution in [2.75, 3.05) is 11.4 Å². The molecule has 3 rings (SSSR count). The van der Waals surface area contributed by atoms with Gasteiger partial charge in [-0.05, 0) is 62.9 Å². The largest absolute Gasteiger partial charge is 0.309 e.